The third kappa shape index (κ3) is 6.50. The molecule has 0 amide bonds. The summed E-state index contributed by atoms with van der Waals surface area (Å²) in [7, 11) is 0. The Kier molecular flexibility index (Phi) is 9.19. The second kappa shape index (κ2) is 12.7. The van der Waals surface area contributed by atoms with E-state index < -0.39 is 5.97 Å². The summed E-state index contributed by atoms with van der Waals surface area (Å²) >= 11 is 0. The van der Waals surface area contributed by atoms with Gasteiger partial charge in [0, 0.05) is 6.42 Å². The molecule has 0 unspecified atom stereocenters. The first-order valence-corrected chi connectivity index (χ1v) is 13.6. The van der Waals surface area contributed by atoms with Gasteiger partial charge in [-0.3, -0.25) is 4.79 Å². The second-order valence-corrected chi connectivity index (χ2v) is 10.1. The molecule has 0 spiro atoms. The van der Waals surface area contributed by atoms with E-state index in [9.17, 15) is 4.79 Å². The summed E-state index contributed by atoms with van der Waals surface area (Å²) < 4.78 is 0. The lowest BCUT2D eigenvalue weighted by Crippen LogP contribution is -1.93. The number of aliphatic carboxylic acids is 1. The number of benzene rings is 4. The summed E-state index contributed by atoms with van der Waals surface area (Å²) in [6, 6.07) is 20.5. The van der Waals surface area contributed by atoms with Gasteiger partial charge in [0.25, 0.3) is 0 Å². The Bertz CT molecular complexity index is 1160. The average Bonchev–Trinajstić information content (AvgIpc) is 2.85. The lowest BCUT2D eigenvalue weighted by atomic mass is 9.90. The lowest BCUT2D eigenvalue weighted by molar-refractivity contribution is -0.137. The van der Waals surface area contributed by atoms with Gasteiger partial charge in [-0.1, -0.05) is 125 Å². The van der Waals surface area contributed by atoms with Gasteiger partial charge in [-0.2, -0.15) is 0 Å². The van der Waals surface area contributed by atoms with E-state index >= 15 is 0 Å². The minimum atomic E-state index is -0.660. The van der Waals surface area contributed by atoms with Crippen molar-refractivity contribution >= 4 is 38.3 Å². The van der Waals surface area contributed by atoms with Crippen LogP contribution >= 0.6 is 0 Å². The van der Waals surface area contributed by atoms with Crippen molar-refractivity contribution in [2.75, 3.05) is 0 Å². The maximum atomic E-state index is 10.5. The first-order valence-electron chi connectivity index (χ1n) is 13.6. The second-order valence-electron chi connectivity index (χ2n) is 10.1. The van der Waals surface area contributed by atoms with Crippen LogP contribution in [0.15, 0.2) is 54.6 Å². The zero-order chi connectivity index (χ0) is 23.6. The third-order valence-corrected chi connectivity index (χ3v) is 7.46. The fourth-order valence-corrected chi connectivity index (χ4v) is 5.55. The van der Waals surface area contributed by atoms with E-state index in [4.69, 9.17) is 5.11 Å². The highest BCUT2D eigenvalue weighted by Crippen LogP contribution is 2.36. The third-order valence-electron chi connectivity index (χ3n) is 7.46. The minimum absolute atomic E-state index is 0.332. The Labute approximate surface area is 204 Å². The van der Waals surface area contributed by atoms with E-state index in [1.807, 2.05) is 0 Å². The molecule has 0 aliphatic rings. The first kappa shape index (κ1) is 24.5. The molecule has 0 aliphatic carbocycles. The van der Waals surface area contributed by atoms with Gasteiger partial charge in [0.1, 0.15) is 0 Å². The van der Waals surface area contributed by atoms with E-state index in [2.05, 4.69) is 54.6 Å². The Balaban J connectivity index is 1.11. The van der Waals surface area contributed by atoms with E-state index in [0.29, 0.717) is 6.42 Å². The van der Waals surface area contributed by atoms with Crippen LogP contribution in [0.25, 0.3) is 32.3 Å². The van der Waals surface area contributed by atoms with Crippen LogP contribution in [-0.2, 0) is 11.2 Å². The molecule has 1 N–H and O–H groups in total. The molecule has 180 valence electrons. The molecule has 0 fully saturated rings. The number of unbranched alkanes of at least 4 members (excludes halogenated alkanes) is 12. The minimum Gasteiger partial charge on any atom is -0.481 e. The summed E-state index contributed by atoms with van der Waals surface area (Å²) in [5, 5.41) is 17.0. The molecule has 0 radical (unpaired) electrons. The lowest BCUT2D eigenvalue weighted by Gasteiger charge is -2.14. The summed E-state index contributed by atoms with van der Waals surface area (Å²) in [6.45, 7) is 0. The number of carboxylic acids is 1. The van der Waals surface area contributed by atoms with Crippen molar-refractivity contribution in [1.29, 1.82) is 0 Å². The molecule has 34 heavy (non-hydrogen) atoms. The number of rotatable bonds is 16. The molecule has 0 aromatic heterocycles. The maximum absolute atomic E-state index is 10.5. The van der Waals surface area contributed by atoms with E-state index in [1.54, 1.807) is 0 Å². The average molecular weight is 457 g/mol. The summed E-state index contributed by atoms with van der Waals surface area (Å²) in [4.78, 5) is 10.5. The Hall–Kier alpha value is -2.61. The fraction of sp³-hybridized carbons (Fsp3) is 0.469. The number of carbonyl (C=O) groups is 1. The van der Waals surface area contributed by atoms with Crippen LogP contribution in [-0.4, -0.2) is 11.1 Å². The smallest absolute Gasteiger partial charge is 0.303 e. The number of hydrogen-bond acceptors (Lipinski definition) is 1. The van der Waals surface area contributed by atoms with Crippen LogP contribution in [0.3, 0.4) is 0 Å². The number of carboxylic acid groups (broad SMARTS) is 1. The predicted molar refractivity (Wildman–Crippen MR) is 146 cm³/mol. The van der Waals surface area contributed by atoms with Crippen molar-refractivity contribution in [3.05, 3.63) is 60.2 Å². The maximum Gasteiger partial charge on any atom is 0.303 e. The van der Waals surface area contributed by atoms with Crippen molar-refractivity contribution in [3.63, 3.8) is 0 Å². The summed E-state index contributed by atoms with van der Waals surface area (Å²) in [6.07, 6.45) is 18.0. The molecule has 0 heterocycles. The van der Waals surface area contributed by atoms with Gasteiger partial charge < -0.3 is 5.11 Å². The SMILES string of the molecule is O=C(O)CCCCCCCCCCCCCCCc1ccc2ccc3cccc4ccc1c2c34. The molecule has 4 aromatic carbocycles. The monoisotopic (exact) mass is 456 g/mol. The van der Waals surface area contributed by atoms with Crippen molar-refractivity contribution < 1.29 is 9.90 Å². The zero-order valence-corrected chi connectivity index (χ0v) is 20.7. The van der Waals surface area contributed by atoms with Crippen LogP contribution < -0.4 is 0 Å². The molecule has 0 atom stereocenters. The van der Waals surface area contributed by atoms with Gasteiger partial charge in [0.05, 0.1) is 0 Å². The van der Waals surface area contributed by atoms with Crippen molar-refractivity contribution in [2.24, 2.45) is 0 Å². The molecular weight excluding hydrogens is 416 g/mol. The highest BCUT2D eigenvalue weighted by Gasteiger charge is 2.10. The number of hydrogen-bond donors (Lipinski definition) is 1. The molecule has 0 bridgehead atoms. The molecule has 0 aliphatic heterocycles. The van der Waals surface area contributed by atoms with Gasteiger partial charge in [-0.15, -0.1) is 0 Å². The van der Waals surface area contributed by atoms with Crippen LogP contribution in [0, 0.1) is 0 Å². The molecular formula is C32H40O2. The highest BCUT2D eigenvalue weighted by atomic mass is 16.4. The quantitative estimate of drug-likeness (QED) is 0.135. The van der Waals surface area contributed by atoms with Gasteiger partial charge >= 0.3 is 5.97 Å². The molecule has 4 aromatic rings. The fourth-order valence-electron chi connectivity index (χ4n) is 5.55. The van der Waals surface area contributed by atoms with Gasteiger partial charge in [-0.05, 0) is 57.1 Å². The molecule has 2 nitrogen and oxygen atoms in total. The standard InChI is InChI=1S/C32H40O2/c33-30(34)18-13-11-9-7-5-3-1-2-4-6-8-10-12-15-25-19-20-28-22-21-26-16-14-17-27-23-24-29(25)32(28)31(26)27/h14,16-17,19-24H,1-13,15,18H2,(H,33,34). The van der Waals surface area contributed by atoms with Crippen LogP contribution in [0.2, 0.25) is 0 Å². The Morgan fingerprint density at radius 1 is 0.529 bits per heavy atom. The first-order chi connectivity index (χ1) is 16.7. The summed E-state index contributed by atoms with van der Waals surface area (Å²) in [5.41, 5.74) is 1.51. The molecule has 0 saturated heterocycles. The van der Waals surface area contributed by atoms with Crippen molar-refractivity contribution in [3.8, 4) is 0 Å². The van der Waals surface area contributed by atoms with Crippen molar-refractivity contribution in [2.45, 2.75) is 96.3 Å². The van der Waals surface area contributed by atoms with Crippen LogP contribution in [0.5, 0.6) is 0 Å². The van der Waals surface area contributed by atoms with Crippen LogP contribution in [0.4, 0.5) is 0 Å². The van der Waals surface area contributed by atoms with Gasteiger partial charge in [0.2, 0.25) is 0 Å². The predicted octanol–water partition coefficient (Wildman–Crippen LogP) is 9.67. The normalized spacial score (nSPS) is 11.8. The molecule has 4 rings (SSSR count). The van der Waals surface area contributed by atoms with E-state index in [0.717, 1.165) is 12.8 Å². The Morgan fingerprint density at radius 3 is 1.59 bits per heavy atom. The van der Waals surface area contributed by atoms with Crippen LogP contribution in [0.1, 0.15) is 95.5 Å². The summed E-state index contributed by atoms with van der Waals surface area (Å²) in [5.74, 6) is -0.660. The van der Waals surface area contributed by atoms with Gasteiger partial charge in [0.15, 0.2) is 0 Å². The van der Waals surface area contributed by atoms with E-state index in [-0.39, 0.29) is 0 Å². The largest absolute Gasteiger partial charge is 0.481 e. The van der Waals surface area contributed by atoms with Crippen molar-refractivity contribution in [1.82, 2.24) is 0 Å². The molecule has 0 saturated carbocycles. The highest BCUT2D eigenvalue weighted by molar-refractivity contribution is 6.23. The number of aryl methyl sites for hydroxylation is 1. The zero-order valence-electron chi connectivity index (χ0n) is 20.7. The topological polar surface area (TPSA) is 37.3 Å². The van der Waals surface area contributed by atoms with E-state index in [1.165, 1.54) is 115 Å². The Morgan fingerprint density at radius 2 is 1.00 bits per heavy atom. The van der Waals surface area contributed by atoms with Gasteiger partial charge in [-0.25, -0.2) is 0 Å². The molecule has 2 heteroatoms.